The Hall–Kier alpha value is -2.50. The van der Waals surface area contributed by atoms with Crippen LogP contribution in [0.15, 0.2) is 48.5 Å². The van der Waals surface area contributed by atoms with E-state index in [9.17, 15) is 18.0 Å². The summed E-state index contributed by atoms with van der Waals surface area (Å²) in [6.45, 7) is 0.492. The second-order valence-corrected chi connectivity index (χ2v) is 5.67. The number of fused-ring (bicyclic) bond motifs is 1. The Morgan fingerprint density at radius 1 is 1.17 bits per heavy atom. The van der Waals surface area contributed by atoms with E-state index in [0.29, 0.717) is 18.6 Å². The van der Waals surface area contributed by atoms with Crippen molar-refractivity contribution < 1.29 is 22.7 Å². The molecule has 0 saturated carbocycles. The fourth-order valence-electron chi connectivity index (χ4n) is 2.78. The Morgan fingerprint density at radius 3 is 2.75 bits per heavy atom. The minimum Gasteiger partial charge on any atom is -0.493 e. The smallest absolute Gasteiger partial charge is 0.416 e. The van der Waals surface area contributed by atoms with Gasteiger partial charge in [-0.3, -0.25) is 4.79 Å². The Morgan fingerprint density at radius 2 is 1.96 bits per heavy atom. The van der Waals surface area contributed by atoms with Crippen LogP contribution >= 0.6 is 0 Å². The number of carbonyl (C=O) groups excluding carboxylic acids is 1. The van der Waals surface area contributed by atoms with E-state index in [4.69, 9.17) is 4.74 Å². The van der Waals surface area contributed by atoms with Crippen LogP contribution in [0.5, 0.6) is 5.75 Å². The van der Waals surface area contributed by atoms with Crippen LogP contribution in [-0.2, 0) is 17.4 Å². The maximum absolute atomic E-state index is 12.7. The van der Waals surface area contributed by atoms with Gasteiger partial charge in [0, 0.05) is 12.0 Å². The lowest BCUT2D eigenvalue weighted by Gasteiger charge is -2.26. The van der Waals surface area contributed by atoms with E-state index in [-0.39, 0.29) is 18.4 Å². The summed E-state index contributed by atoms with van der Waals surface area (Å²) >= 11 is 0. The van der Waals surface area contributed by atoms with E-state index in [1.54, 1.807) is 0 Å². The maximum atomic E-state index is 12.7. The lowest BCUT2D eigenvalue weighted by Crippen LogP contribution is -2.33. The number of nitrogens with one attached hydrogen (secondary N) is 1. The fraction of sp³-hybridized carbons (Fsp3) is 0.278. The number of ether oxygens (including phenoxy) is 1. The molecule has 126 valence electrons. The molecule has 0 saturated heterocycles. The second-order valence-electron chi connectivity index (χ2n) is 5.67. The number of hydrogen-bond donors (Lipinski definition) is 1. The number of carbonyl (C=O) groups is 1. The molecule has 1 atom stereocenters. The molecule has 1 N–H and O–H groups in total. The zero-order valence-electron chi connectivity index (χ0n) is 12.8. The van der Waals surface area contributed by atoms with Gasteiger partial charge in [-0.05, 0) is 17.7 Å². The van der Waals surface area contributed by atoms with Crippen molar-refractivity contribution in [2.45, 2.75) is 25.1 Å². The lowest BCUT2D eigenvalue weighted by molar-refractivity contribution is -0.137. The first-order valence-corrected chi connectivity index (χ1v) is 7.61. The summed E-state index contributed by atoms with van der Waals surface area (Å²) in [6.07, 6.45) is -3.87. The Balaban J connectivity index is 1.69. The molecule has 0 fully saturated rings. The summed E-state index contributed by atoms with van der Waals surface area (Å²) in [5.41, 5.74) is 0.480. The zero-order chi connectivity index (χ0) is 17.2. The van der Waals surface area contributed by atoms with Crippen LogP contribution in [0.25, 0.3) is 0 Å². The van der Waals surface area contributed by atoms with Gasteiger partial charge in [0.25, 0.3) is 0 Å². The topological polar surface area (TPSA) is 38.3 Å². The lowest BCUT2D eigenvalue weighted by atomic mass is 10.00. The highest BCUT2D eigenvalue weighted by atomic mass is 19.4. The predicted octanol–water partition coefficient (Wildman–Crippen LogP) is 3.89. The molecule has 2 aromatic rings. The van der Waals surface area contributed by atoms with E-state index in [2.05, 4.69) is 5.32 Å². The van der Waals surface area contributed by atoms with Gasteiger partial charge in [-0.25, -0.2) is 0 Å². The van der Waals surface area contributed by atoms with Crippen molar-refractivity contribution in [3.63, 3.8) is 0 Å². The van der Waals surface area contributed by atoms with Crippen molar-refractivity contribution in [3.8, 4) is 5.75 Å². The first-order chi connectivity index (χ1) is 11.4. The molecule has 1 aliphatic rings. The second kappa shape index (κ2) is 6.55. The molecule has 1 heterocycles. The Labute approximate surface area is 137 Å². The van der Waals surface area contributed by atoms with Crippen molar-refractivity contribution in [1.29, 1.82) is 0 Å². The van der Waals surface area contributed by atoms with E-state index in [0.717, 1.165) is 23.4 Å². The molecule has 0 spiro atoms. The summed E-state index contributed by atoms with van der Waals surface area (Å²) in [5, 5.41) is 2.88. The third-order valence-corrected chi connectivity index (χ3v) is 3.91. The fourth-order valence-corrected chi connectivity index (χ4v) is 2.78. The van der Waals surface area contributed by atoms with E-state index in [1.165, 1.54) is 12.1 Å². The number of rotatable bonds is 3. The van der Waals surface area contributed by atoms with Gasteiger partial charge in [0.1, 0.15) is 5.75 Å². The van der Waals surface area contributed by atoms with Crippen LogP contribution in [0.4, 0.5) is 13.2 Å². The highest BCUT2D eigenvalue weighted by Crippen LogP contribution is 2.32. The van der Waals surface area contributed by atoms with Gasteiger partial charge in [-0.1, -0.05) is 36.4 Å². The van der Waals surface area contributed by atoms with Crippen molar-refractivity contribution in [2.24, 2.45) is 0 Å². The number of amides is 1. The van der Waals surface area contributed by atoms with Crippen LogP contribution in [0.2, 0.25) is 0 Å². The molecule has 0 radical (unpaired) electrons. The third kappa shape index (κ3) is 3.69. The van der Waals surface area contributed by atoms with Crippen LogP contribution in [0.3, 0.4) is 0 Å². The van der Waals surface area contributed by atoms with E-state index in [1.807, 2.05) is 24.3 Å². The molecular weight excluding hydrogens is 319 g/mol. The number of benzene rings is 2. The highest BCUT2D eigenvalue weighted by molar-refractivity contribution is 5.79. The largest absolute Gasteiger partial charge is 0.493 e. The molecule has 3 nitrogen and oxygen atoms in total. The number of hydrogen-bond acceptors (Lipinski definition) is 2. The van der Waals surface area contributed by atoms with Crippen molar-refractivity contribution in [2.75, 3.05) is 6.61 Å². The molecule has 0 bridgehead atoms. The predicted molar refractivity (Wildman–Crippen MR) is 82.6 cm³/mol. The summed E-state index contributed by atoms with van der Waals surface area (Å²) in [5.74, 6) is 0.421. The van der Waals surface area contributed by atoms with Crippen LogP contribution in [0, 0.1) is 0 Å². The molecule has 0 aromatic heterocycles. The number of para-hydroxylation sites is 1. The van der Waals surface area contributed by atoms with Gasteiger partial charge in [-0.2, -0.15) is 13.2 Å². The van der Waals surface area contributed by atoms with Gasteiger partial charge in [-0.15, -0.1) is 0 Å². The first kappa shape index (κ1) is 16.4. The summed E-state index contributed by atoms with van der Waals surface area (Å²) in [7, 11) is 0. The standard InChI is InChI=1S/C18H16F3NO2/c19-18(20,21)13-5-3-4-12(10-13)11-17(23)22-15-8-9-24-16-7-2-1-6-14(15)16/h1-7,10,15H,8-9,11H2,(H,22,23). The van der Waals surface area contributed by atoms with Crippen molar-refractivity contribution in [1.82, 2.24) is 5.32 Å². The van der Waals surface area contributed by atoms with Gasteiger partial charge >= 0.3 is 6.18 Å². The number of halogens is 3. The highest BCUT2D eigenvalue weighted by Gasteiger charge is 2.30. The maximum Gasteiger partial charge on any atom is 0.416 e. The molecule has 6 heteroatoms. The van der Waals surface area contributed by atoms with E-state index >= 15 is 0 Å². The average Bonchev–Trinajstić information content (AvgIpc) is 2.54. The molecule has 24 heavy (non-hydrogen) atoms. The summed E-state index contributed by atoms with van der Waals surface area (Å²) in [6, 6.07) is 12.1. The molecule has 1 amide bonds. The minimum atomic E-state index is -4.41. The monoisotopic (exact) mass is 335 g/mol. The molecule has 1 aliphatic heterocycles. The molecule has 1 unspecified atom stereocenters. The van der Waals surface area contributed by atoms with Crippen molar-refractivity contribution in [3.05, 3.63) is 65.2 Å². The van der Waals surface area contributed by atoms with Gasteiger partial charge in [0.2, 0.25) is 5.91 Å². The average molecular weight is 335 g/mol. The van der Waals surface area contributed by atoms with Gasteiger partial charge in [0.15, 0.2) is 0 Å². The summed E-state index contributed by atoms with van der Waals surface area (Å²) in [4.78, 5) is 12.2. The number of alkyl halides is 3. The van der Waals surface area contributed by atoms with Crippen LogP contribution in [0.1, 0.15) is 29.2 Å². The van der Waals surface area contributed by atoms with Gasteiger partial charge in [0.05, 0.1) is 24.6 Å². The van der Waals surface area contributed by atoms with E-state index < -0.39 is 11.7 Å². The Kier molecular flexibility index (Phi) is 4.46. The van der Waals surface area contributed by atoms with Crippen LogP contribution in [-0.4, -0.2) is 12.5 Å². The quantitative estimate of drug-likeness (QED) is 0.924. The molecular formula is C18H16F3NO2. The molecule has 2 aromatic carbocycles. The summed E-state index contributed by atoms with van der Waals surface area (Å²) < 4.78 is 43.7. The third-order valence-electron chi connectivity index (χ3n) is 3.91. The van der Waals surface area contributed by atoms with Crippen LogP contribution < -0.4 is 10.1 Å². The molecule has 0 aliphatic carbocycles. The minimum absolute atomic E-state index is 0.0938. The van der Waals surface area contributed by atoms with Gasteiger partial charge < -0.3 is 10.1 Å². The SMILES string of the molecule is O=C(Cc1cccc(C(F)(F)F)c1)NC1CCOc2ccccc21. The molecule has 3 rings (SSSR count). The zero-order valence-corrected chi connectivity index (χ0v) is 12.8. The van der Waals surface area contributed by atoms with Crippen molar-refractivity contribution >= 4 is 5.91 Å². The first-order valence-electron chi connectivity index (χ1n) is 7.61. The normalized spacial score (nSPS) is 16.9. The Bertz CT molecular complexity index is 743.